The minimum absolute atomic E-state index is 0.284. The van der Waals surface area contributed by atoms with Crippen LogP contribution in [0.3, 0.4) is 0 Å². The normalized spacial score (nSPS) is 10.8. The summed E-state index contributed by atoms with van der Waals surface area (Å²) in [6, 6.07) is 11.2. The molecule has 0 spiro atoms. The van der Waals surface area contributed by atoms with Crippen molar-refractivity contribution in [3.05, 3.63) is 53.2 Å². The molecular formula is C15H13NO2S2. The number of nitrogens with zero attached hydrogens (tertiary/aromatic N) is 1. The maximum atomic E-state index is 9.26. The molecule has 5 heteroatoms. The Morgan fingerprint density at radius 3 is 2.75 bits per heavy atom. The number of phenols is 1. The lowest BCUT2D eigenvalue weighted by atomic mass is 10.3. The molecule has 3 rings (SSSR count). The van der Waals surface area contributed by atoms with Crippen molar-refractivity contribution in [2.75, 3.05) is 0 Å². The summed E-state index contributed by atoms with van der Waals surface area (Å²) in [5.74, 6) is 2.59. The molecule has 3 aromatic rings. The maximum absolute atomic E-state index is 9.26. The minimum atomic E-state index is 0.284. The van der Waals surface area contributed by atoms with Crippen LogP contribution in [0.15, 0.2) is 51.1 Å². The SMILES string of the molecule is Cc1oc(-c2cccs2)nc1CSc1ccc(O)cc1. The zero-order valence-corrected chi connectivity index (χ0v) is 12.5. The van der Waals surface area contributed by atoms with E-state index in [1.165, 1.54) is 0 Å². The van der Waals surface area contributed by atoms with E-state index in [0.29, 0.717) is 5.89 Å². The van der Waals surface area contributed by atoms with Gasteiger partial charge < -0.3 is 9.52 Å². The summed E-state index contributed by atoms with van der Waals surface area (Å²) in [5.41, 5.74) is 0.964. The number of thiophene rings is 1. The van der Waals surface area contributed by atoms with E-state index in [0.717, 1.165) is 27.0 Å². The van der Waals surface area contributed by atoms with Gasteiger partial charge in [-0.3, -0.25) is 0 Å². The van der Waals surface area contributed by atoms with Crippen molar-refractivity contribution in [2.24, 2.45) is 0 Å². The Hall–Kier alpha value is -1.72. The third kappa shape index (κ3) is 2.89. The summed E-state index contributed by atoms with van der Waals surface area (Å²) in [6.07, 6.45) is 0. The van der Waals surface area contributed by atoms with E-state index in [9.17, 15) is 5.11 Å². The molecule has 20 heavy (non-hydrogen) atoms. The molecule has 0 saturated heterocycles. The van der Waals surface area contributed by atoms with Crippen molar-refractivity contribution >= 4 is 23.1 Å². The van der Waals surface area contributed by atoms with Crippen molar-refractivity contribution in [2.45, 2.75) is 17.6 Å². The number of thioether (sulfide) groups is 1. The van der Waals surface area contributed by atoms with Crippen molar-refractivity contribution in [1.29, 1.82) is 0 Å². The van der Waals surface area contributed by atoms with Crippen LogP contribution in [-0.4, -0.2) is 10.1 Å². The molecule has 2 heterocycles. The second kappa shape index (κ2) is 5.73. The minimum Gasteiger partial charge on any atom is -0.508 e. The average Bonchev–Trinajstić information content (AvgIpc) is 3.08. The van der Waals surface area contributed by atoms with E-state index >= 15 is 0 Å². The van der Waals surface area contributed by atoms with Gasteiger partial charge in [-0.1, -0.05) is 6.07 Å². The smallest absolute Gasteiger partial charge is 0.236 e. The molecule has 0 aliphatic heterocycles. The van der Waals surface area contributed by atoms with Gasteiger partial charge >= 0.3 is 0 Å². The molecule has 0 radical (unpaired) electrons. The van der Waals surface area contributed by atoms with Crippen molar-refractivity contribution in [3.8, 4) is 16.5 Å². The molecule has 0 aliphatic carbocycles. The van der Waals surface area contributed by atoms with Gasteiger partial charge in [0.1, 0.15) is 11.5 Å². The number of aryl methyl sites for hydroxylation is 1. The molecule has 3 nitrogen and oxygen atoms in total. The Morgan fingerprint density at radius 2 is 2.05 bits per heavy atom. The first-order valence-corrected chi connectivity index (χ1v) is 8.01. The van der Waals surface area contributed by atoms with Crippen LogP contribution in [0.25, 0.3) is 10.8 Å². The number of aromatic nitrogens is 1. The topological polar surface area (TPSA) is 46.3 Å². The highest BCUT2D eigenvalue weighted by molar-refractivity contribution is 7.98. The molecule has 1 N–H and O–H groups in total. The molecular weight excluding hydrogens is 290 g/mol. The molecule has 2 aromatic heterocycles. The first kappa shape index (κ1) is 13.3. The molecule has 0 bridgehead atoms. The Morgan fingerprint density at radius 1 is 1.25 bits per heavy atom. The third-order valence-electron chi connectivity index (χ3n) is 2.84. The van der Waals surface area contributed by atoms with Crippen LogP contribution in [0, 0.1) is 6.92 Å². The summed E-state index contributed by atoms with van der Waals surface area (Å²) in [7, 11) is 0. The third-order valence-corrected chi connectivity index (χ3v) is 4.72. The van der Waals surface area contributed by atoms with Gasteiger partial charge in [-0.2, -0.15) is 0 Å². The van der Waals surface area contributed by atoms with Gasteiger partial charge in [0.2, 0.25) is 5.89 Å². The summed E-state index contributed by atoms with van der Waals surface area (Å²) in [4.78, 5) is 6.71. The Bertz CT molecular complexity index is 687. The number of hydrogen-bond acceptors (Lipinski definition) is 5. The van der Waals surface area contributed by atoms with Crippen LogP contribution in [0.1, 0.15) is 11.5 Å². The van der Waals surface area contributed by atoms with E-state index in [1.54, 1.807) is 35.2 Å². The predicted octanol–water partition coefficient (Wildman–Crippen LogP) is 4.71. The van der Waals surface area contributed by atoms with Gasteiger partial charge in [-0.05, 0) is 42.6 Å². The van der Waals surface area contributed by atoms with E-state index < -0.39 is 0 Å². The second-order valence-electron chi connectivity index (χ2n) is 4.28. The number of hydrogen-bond donors (Lipinski definition) is 1. The van der Waals surface area contributed by atoms with Gasteiger partial charge in [0, 0.05) is 10.6 Å². The van der Waals surface area contributed by atoms with Gasteiger partial charge in [0.25, 0.3) is 0 Å². The maximum Gasteiger partial charge on any atom is 0.236 e. The molecule has 0 atom stereocenters. The molecule has 0 saturated carbocycles. The lowest BCUT2D eigenvalue weighted by Crippen LogP contribution is -1.84. The number of phenolic OH excluding ortho intramolecular Hbond substituents is 1. The molecule has 102 valence electrons. The van der Waals surface area contributed by atoms with Crippen molar-refractivity contribution < 1.29 is 9.52 Å². The first-order chi connectivity index (χ1) is 9.72. The standard InChI is InChI=1S/C15H13NO2S2/c1-10-13(9-20-12-6-4-11(17)5-7-12)16-15(18-10)14-3-2-8-19-14/h2-8,17H,9H2,1H3. The van der Waals surface area contributed by atoms with Crippen LogP contribution in [0.4, 0.5) is 0 Å². The van der Waals surface area contributed by atoms with Gasteiger partial charge in [-0.25, -0.2) is 4.98 Å². The van der Waals surface area contributed by atoms with Crippen LogP contribution in [0.2, 0.25) is 0 Å². The van der Waals surface area contributed by atoms with Crippen LogP contribution in [0.5, 0.6) is 5.75 Å². The van der Waals surface area contributed by atoms with Crippen LogP contribution >= 0.6 is 23.1 Å². The Kier molecular flexibility index (Phi) is 3.80. The zero-order valence-electron chi connectivity index (χ0n) is 10.9. The average molecular weight is 303 g/mol. The predicted molar refractivity (Wildman–Crippen MR) is 82.2 cm³/mol. The van der Waals surface area contributed by atoms with E-state index in [1.807, 2.05) is 36.6 Å². The van der Waals surface area contributed by atoms with Crippen molar-refractivity contribution in [1.82, 2.24) is 4.98 Å². The molecule has 0 unspecified atom stereocenters. The van der Waals surface area contributed by atoms with E-state index in [-0.39, 0.29) is 5.75 Å². The quantitative estimate of drug-likeness (QED) is 0.709. The van der Waals surface area contributed by atoms with Crippen molar-refractivity contribution in [3.63, 3.8) is 0 Å². The highest BCUT2D eigenvalue weighted by Crippen LogP contribution is 2.29. The van der Waals surface area contributed by atoms with Crippen LogP contribution in [-0.2, 0) is 5.75 Å². The molecule has 0 amide bonds. The van der Waals surface area contributed by atoms with Gasteiger partial charge in [0.15, 0.2) is 0 Å². The summed E-state index contributed by atoms with van der Waals surface area (Å²) >= 11 is 3.30. The summed E-state index contributed by atoms with van der Waals surface area (Å²) < 4.78 is 5.71. The molecule has 1 aromatic carbocycles. The summed E-state index contributed by atoms with van der Waals surface area (Å²) in [5, 5.41) is 11.3. The number of aromatic hydroxyl groups is 1. The fourth-order valence-electron chi connectivity index (χ4n) is 1.76. The number of benzene rings is 1. The van der Waals surface area contributed by atoms with Crippen LogP contribution < -0.4 is 0 Å². The molecule has 0 fully saturated rings. The second-order valence-corrected chi connectivity index (χ2v) is 6.28. The largest absolute Gasteiger partial charge is 0.508 e. The zero-order chi connectivity index (χ0) is 13.9. The Labute approximate surface area is 125 Å². The Balaban J connectivity index is 1.73. The van der Waals surface area contributed by atoms with Gasteiger partial charge in [-0.15, -0.1) is 23.1 Å². The molecule has 0 aliphatic rings. The van der Waals surface area contributed by atoms with E-state index in [4.69, 9.17) is 4.42 Å². The number of oxazole rings is 1. The van der Waals surface area contributed by atoms with Gasteiger partial charge in [0.05, 0.1) is 10.6 Å². The summed E-state index contributed by atoms with van der Waals surface area (Å²) in [6.45, 7) is 1.94. The van der Waals surface area contributed by atoms with E-state index in [2.05, 4.69) is 4.98 Å². The highest BCUT2D eigenvalue weighted by Gasteiger charge is 2.12. The first-order valence-electron chi connectivity index (χ1n) is 6.14. The lowest BCUT2D eigenvalue weighted by Gasteiger charge is -1.99. The fourth-order valence-corrected chi connectivity index (χ4v) is 3.31. The number of rotatable bonds is 4. The fraction of sp³-hybridized carbons (Fsp3) is 0.133. The lowest BCUT2D eigenvalue weighted by molar-refractivity contribution is 0.475. The monoisotopic (exact) mass is 303 g/mol. The highest BCUT2D eigenvalue weighted by atomic mass is 32.2.